The van der Waals surface area contributed by atoms with Gasteiger partial charge in [0.25, 0.3) is 0 Å². The fraction of sp³-hybridized carbons (Fsp3) is 0.231. The molecule has 0 amide bonds. The fourth-order valence-corrected chi connectivity index (χ4v) is 3.48. The van der Waals surface area contributed by atoms with Crippen molar-refractivity contribution in [3.8, 4) is 0 Å². The standard InChI is InChI=1S/C13H15BrN2O3S/c1-9(10-3-2-4-11(14)5-10)16-20(18,19)13-6-12(8-17)15-7-13/h2-7,9,15-17H,8H2,1H3. The van der Waals surface area contributed by atoms with Crippen LogP contribution in [-0.2, 0) is 16.6 Å². The molecule has 0 radical (unpaired) electrons. The van der Waals surface area contributed by atoms with Gasteiger partial charge in [-0.25, -0.2) is 13.1 Å². The van der Waals surface area contributed by atoms with Crippen LogP contribution >= 0.6 is 15.9 Å². The van der Waals surface area contributed by atoms with Crippen molar-refractivity contribution < 1.29 is 13.5 Å². The van der Waals surface area contributed by atoms with E-state index in [1.54, 1.807) is 6.92 Å². The highest BCUT2D eigenvalue weighted by Gasteiger charge is 2.19. The van der Waals surface area contributed by atoms with Gasteiger partial charge >= 0.3 is 0 Å². The van der Waals surface area contributed by atoms with E-state index in [9.17, 15) is 8.42 Å². The van der Waals surface area contributed by atoms with Crippen molar-refractivity contribution >= 4 is 26.0 Å². The average molecular weight is 359 g/mol. The maximum absolute atomic E-state index is 12.2. The van der Waals surface area contributed by atoms with Gasteiger partial charge in [-0.15, -0.1) is 0 Å². The number of benzene rings is 1. The number of aliphatic hydroxyl groups excluding tert-OH is 1. The summed E-state index contributed by atoms with van der Waals surface area (Å²) >= 11 is 3.36. The molecule has 0 aliphatic heterocycles. The molecule has 108 valence electrons. The zero-order valence-electron chi connectivity index (χ0n) is 10.8. The van der Waals surface area contributed by atoms with E-state index in [1.807, 2.05) is 24.3 Å². The van der Waals surface area contributed by atoms with Crippen LogP contribution < -0.4 is 4.72 Å². The van der Waals surface area contributed by atoms with E-state index >= 15 is 0 Å². The van der Waals surface area contributed by atoms with E-state index in [-0.39, 0.29) is 17.5 Å². The third kappa shape index (κ3) is 3.49. The number of hydrogen-bond donors (Lipinski definition) is 3. The van der Waals surface area contributed by atoms with Gasteiger partial charge in [0.2, 0.25) is 10.0 Å². The zero-order valence-corrected chi connectivity index (χ0v) is 13.2. The molecule has 0 fully saturated rings. The van der Waals surface area contributed by atoms with Crippen LogP contribution in [0.15, 0.2) is 45.9 Å². The highest BCUT2D eigenvalue weighted by molar-refractivity contribution is 9.10. The molecule has 3 N–H and O–H groups in total. The molecule has 0 aliphatic carbocycles. The SMILES string of the molecule is CC(NS(=O)(=O)c1c[nH]c(CO)c1)c1cccc(Br)c1. The van der Waals surface area contributed by atoms with Gasteiger partial charge in [-0.1, -0.05) is 28.1 Å². The summed E-state index contributed by atoms with van der Waals surface area (Å²) in [6, 6.07) is 8.51. The largest absolute Gasteiger partial charge is 0.390 e. The lowest BCUT2D eigenvalue weighted by molar-refractivity contribution is 0.277. The molecule has 2 rings (SSSR count). The first-order chi connectivity index (χ1) is 9.42. The van der Waals surface area contributed by atoms with Gasteiger partial charge in [0.1, 0.15) is 0 Å². The number of hydrogen-bond acceptors (Lipinski definition) is 3. The Kier molecular flexibility index (Phi) is 4.64. The first-order valence-electron chi connectivity index (χ1n) is 5.98. The Labute approximate surface area is 126 Å². The first kappa shape index (κ1) is 15.2. The fourth-order valence-electron chi connectivity index (χ4n) is 1.81. The molecule has 0 spiro atoms. The molecule has 1 atom stereocenters. The highest BCUT2D eigenvalue weighted by atomic mass is 79.9. The number of rotatable bonds is 5. The van der Waals surface area contributed by atoms with Crippen LogP contribution in [-0.4, -0.2) is 18.5 Å². The number of sulfonamides is 1. The summed E-state index contributed by atoms with van der Waals surface area (Å²) in [6.45, 7) is 1.55. The molecule has 0 bridgehead atoms. The van der Waals surface area contributed by atoms with Gasteiger partial charge in [0.15, 0.2) is 0 Å². The van der Waals surface area contributed by atoms with Crippen LogP contribution in [0.1, 0.15) is 24.2 Å². The molecule has 1 heterocycles. The molecule has 1 unspecified atom stereocenters. The monoisotopic (exact) mass is 358 g/mol. The number of aliphatic hydroxyl groups is 1. The van der Waals surface area contributed by atoms with Crippen LogP contribution in [0.3, 0.4) is 0 Å². The van der Waals surface area contributed by atoms with Gasteiger partial charge in [-0.05, 0) is 30.7 Å². The minimum atomic E-state index is -3.62. The lowest BCUT2D eigenvalue weighted by atomic mass is 10.1. The van der Waals surface area contributed by atoms with Crippen LogP contribution in [0.2, 0.25) is 0 Å². The molecule has 0 saturated carbocycles. The topological polar surface area (TPSA) is 82.2 Å². The van der Waals surface area contributed by atoms with E-state index in [1.165, 1.54) is 12.3 Å². The maximum atomic E-state index is 12.2. The number of halogens is 1. The van der Waals surface area contributed by atoms with Crippen molar-refractivity contribution in [1.29, 1.82) is 0 Å². The molecule has 5 nitrogen and oxygen atoms in total. The number of aromatic amines is 1. The van der Waals surface area contributed by atoms with Crippen molar-refractivity contribution in [2.45, 2.75) is 24.5 Å². The summed E-state index contributed by atoms with van der Waals surface area (Å²) in [6.07, 6.45) is 1.36. The second-order valence-corrected chi connectivity index (χ2v) is 7.05. The Bertz CT molecular complexity index is 697. The molecule has 0 saturated heterocycles. The summed E-state index contributed by atoms with van der Waals surface area (Å²) in [5.41, 5.74) is 1.32. The highest BCUT2D eigenvalue weighted by Crippen LogP contribution is 2.20. The molecule has 0 aliphatic rings. The maximum Gasteiger partial charge on any atom is 0.242 e. The smallest absolute Gasteiger partial charge is 0.242 e. The van der Waals surface area contributed by atoms with Gasteiger partial charge in [0, 0.05) is 22.4 Å². The van der Waals surface area contributed by atoms with Crippen LogP contribution in [0.4, 0.5) is 0 Å². The van der Waals surface area contributed by atoms with Crippen LogP contribution in [0.25, 0.3) is 0 Å². The van der Waals surface area contributed by atoms with Gasteiger partial charge in [-0.2, -0.15) is 0 Å². The lowest BCUT2D eigenvalue weighted by Crippen LogP contribution is -2.26. The van der Waals surface area contributed by atoms with Crippen molar-refractivity contribution in [2.75, 3.05) is 0 Å². The Morgan fingerprint density at radius 1 is 1.40 bits per heavy atom. The molecule has 1 aromatic carbocycles. The minimum absolute atomic E-state index is 0.114. The predicted octanol–water partition coefficient (Wildman–Crippen LogP) is 2.31. The zero-order chi connectivity index (χ0) is 14.8. The predicted molar refractivity (Wildman–Crippen MR) is 79.6 cm³/mol. The summed E-state index contributed by atoms with van der Waals surface area (Å²) in [4.78, 5) is 2.82. The van der Waals surface area contributed by atoms with E-state index < -0.39 is 10.0 Å². The molecule has 1 aromatic heterocycles. The number of H-pyrrole nitrogens is 1. The Morgan fingerprint density at radius 3 is 2.75 bits per heavy atom. The van der Waals surface area contributed by atoms with Crippen molar-refractivity contribution in [2.24, 2.45) is 0 Å². The molecular weight excluding hydrogens is 344 g/mol. The van der Waals surface area contributed by atoms with Gasteiger partial charge < -0.3 is 10.1 Å². The Balaban J connectivity index is 2.19. The second kappa shape index (κ2) is 6.09. The first-order valence-corrected chi connectivity index (χ1v) is 8.26. The van der Waals surface area contributed by atoms with Crippen molar-refractivity contribution in [3.63, 3.8) is 0 Å². The quantitative estimate of drug-likeness (QED) is 0.766. The third-order valence-electron chi connectivity index (χ3n) is 2.88. The minimum Gasteiger partial charge on any atom is -0.390 e. The third-order valence-corrected chi connectivity index (χ3v) is 4.89. The van der Waals surface area contributed by atoms with Crippen molar-refractivity contribution in [1.82, 2.24) is 9.71 Å². The normalized spacial score (nSPS) is 13.3. The molecular formula is C13H15BrN2O3S. The summed E-state index contributed by atoms with van der Waals surface area (Å²) in [5, 5.41) is 8.96. The summed E-state index contributed by atoms with van der Waals surface area (Å²) in [7, 11) is -3.62. The average Bonchev–Trinajstić information content (AvgIpc) is 2.87. The second-order valence-electron chi connectivity index (χ2n) is 4.42. The van der Waals surface area contributed by atoms with E-state index in [2.05, 4.69) is 25.6 Å². The Hall–Kier alpha value is -1.15. The summed E-state index contributed by atoms with van der Waals surface area (Å²) in [5.74, 6) is 0. The molecule has 20 heavy (non-hydrogen) atoms. The number of aromatic nitrogens is 1. The number of nitrogens with one attached hydrogen (secondary N) is 2. The molecule has 2 aromatic rings. The van der Waals surface area contributed by atoms with E-state index in [0.717, 1.165) is 10.0 Å². The van der Waals surface area contributed by atoms with Crippen molar-refractivity contribution in [3.05, 3.63) is 52.3 Å². The molecule has 7 heteroatoms. The van der Waals surface area contributed by atoms with Crippen LogP contribution in [0, 0.1) is 0 Å². The van der Waals surface area contributed by atoms with E-state index in [0.29, 0.717) is 5.69 Å². The van der Waals surface area contributed by atoms with E-state index in [4.69, 9.17) is 5.11 Å². The Morgan fingerprint density at radius 2 is 2.15 bits per heavy atom. The van der Waals surface area contributed by atoms with Gasteiger partial charge in [0.05, 0.1) is 11.5 Å². The van der Waals surface area contributed by atoms with Crippen LogP contribution in [0.5, 0.6) is 0 Å². The lowest BCUT2D eigenvalue weighted by Gasteiger charge is -2.14. The van der Waals surface area contributed by atoms with Gasteiger partial charge in [-0.3, -0.25) is 0 Å². The summed E-state index contributed by atoms with van der Waals surface area (Å²) < 4.78 is 27.9.